The number of amides is 1. The molecule has 0 aromatic heterocycles. The second kappa shape index (κ2) is 9.72. The van der Waals surface area contributed by atoms with E-state index in [-0.39, 0.29) is 10.8 Å². The number of nitrogens with zero attached hydrogens (tertiary/aromatic N) is 3. The number of halogens is 3. The third kappa shape index (κ3) is 5.27. The van der Waals surface area contributed by atoms with Crippen LogP contribution in [0.1, 0.15) is 42.6 Å². The van der Waals surface area contributed by atoms with Crippen LogP contribution < -0.4 is 9.80 Å². The van der Waals surface area contributed by atoms with Gasteiger partial charge in [0.1, 0.15) is 0 Å². The molecule has 190 valence electrons. The Bertz CT molecular complexity index is 1170. The van der Waals surface area contributed by atoms with Crippen molar-refractivity contribution in [3.05, 3.63) is 53.6 Å². The first-order valence-electron chi connectivity index (χ1n) is 11.8. The standard InChI is InChI=1S/C25H30F3N3O3S/c1-18(2)35(33,34)21-9-10-23(30-11-3-4-12-30)22(17-21)24(32)31-15-13-29(14-16-31)20-7-5-19(6-8-20)25(26,27)28/h5-10,17-18H,3-4,11-16H2,1-2H3. The van der Waals surface area contributed by atoms with Crippen LogP contribution in [0.3, 0.4) is 0 Å². The molecule has 2 aliphatic heterocycles. The van der Waals surface area contributed by atoms with Gasteiger partial charge in [-0.1, -0.05) is 0 Å². The topological polar surface area (TPSA) is 60.9 Å². The minimum atomic E-state index is -4.38. The highest BCUT2D eigenvalue weighted by atomic mass is 32.2. The molecule has 2 aromatic rings. The molecule has 4 rings (SSSR count). The lowest BCUT2D eigenvalue weighted by Gasteiger charge is -2.37. The van der Waals surface area contributed by atoms with Crippen LogP contribution in [0.4, 0.5) is 24.5 Å². The summed E-state index contributed by atoms with van der Waals surface area (Å²) >= 11 is 0. The summed E-state index contributed by atoms with van der Waals surface area (Å²) in [5, 5.41) is -0.602. The molecule has 10 heteroatoms. The van der Waals surface area contributed by atoms with Crippen molar-refractivity contribution < 1.29 is 26.4 Å². The van der Waals surface area contributed by atoms with Crippen LogP contribution in [-0.2, 0) is 16.0 Å². The van der Waals surface area contributed by atoms with E-state index in [1.54, 1.807) is 30.9 Å². The molecule has 0 spiro atoms. The largest absolute Gasteiger partial charge is 0.416 e. The van der Waals surface area contributed by atoms with Gasteiger partial charge in [0.05, 0.1) is 21.3 Å². The molecule has 0 unspecified atom stereocenters. The first-order valence-corrected chi connectivity index (χ1v) is 13.4. The van der Waals surface area contributed by atoms with Crippen molar-refractivity contribution >= 4 is 27.1 Å². The normalized spacial score (nSPS) is 17.4. The summed E-state index contributed by atoms with van der Waals surface area (Å²) in [6.45, 7) is 6.59. The first kappa shape index (κ1) is 25.3. The molecule has 2 aliphatic rings. The van der Waals surface area contributed by atoms with Crippen molar-refractivity contribution in [1.29, 1.82) is 0 Å². The van der Waals surface area contributed by atoms with Gasteiger partial charge in [-0.25, -0.2) is 8.42 Å². The third-order valence-corrected chi connectivity index (χ3v) is 8.87. The van der Waals surface area contributed by atoms with Crippen molar-refractivity contribution in [2.24, 2.45) is 0 Å². The zero-order chi connectivity index (χ0) is 25.4. The average molecular weight is 510 g/mol. The Morgan fingerprint density at radius 1 is 0.857 bits per heavy atom. The predicted molar refractivity (Wildman–Crippen MR) is 130 cm³/mol. The molecule has 6 nitrogen and oxygen atoms in total. The van der Waals surface area contributed by atoms with Gasteiger partial charge < -0.3 is 14.7 Å². The number of rotatable bonds is 5. The molecular formula is C25H30F3N3O3S. The number of hydrogen-bond donors (Lipinski definition) is 0. The minimum absolute atomic E-state index is 0.141. The molecule has 2 fully saturated rings. The minimum Gasteiger partial charge on any atom is -0.371 e. The van der Waals surface area contributed by atoms with Gasteiger partial charge in [0.2, 0.25) is 0 Å². The van der Waals surface area contributed by atoms with Crippen LogP contribution in [-0.4, -0.2) is 63.7 Å². The number of piperazine rings is 1. The summed E-state index contributed by atoms with van der Waals surface area (Å²) in [5.41, 5.74) is 1.12. The molecular weight excluding hydrogens is 479 g/mol. The van der Waals surface area contributed by atoms with E-state index in [9.17, 15) is 26.4 Å². The third-order valence-electron chi connectivity index (χ3n) is 6.72. The molecule has 0 bridgehead atoms. The van der Waals surface area contributed by atoms with Crippen LogP contribution in [0.5, 0.6) is 0 Å². The summed E-state index contributed by atoms with van der Waals surface area (Å²) in [6, 6.07) is 9.87. The van der Waals surface area contributed by atoms with E-state index < -0.39 is 26.8 Å². The van der Waals surface area contributed by atoms with Crippen LogP contribution >= 0.6 is 0 Å². The smallest absolute Gasteiger partial charge is 0.371 e. The van der Waals surface area contributed by atoms with Gasteiger partial charge in [-0.15, -0.1) is 0 Å². The molecule has 0 N–H and O–H groups in total. The number of alkyl halides is 3. The Morgan fingerprint density at radius 3 is 2.00 bits per heavy atom. The predicted octanol–water partition coefficient (Wildman–Crippen LogP) is 4.45. The summed E-state index contributed by atoms with van der Waals surface area (Å²) in [5.74, 6) is -0.222. The maximum Gasteiger partial charge on any atom is 0.416 e. The number of sulfone groups is 1. The molecule has 2 heterocycles. The number of carbonyl (C=O) groups excluding carboxylic acids is 1. The number of benzene rings is 2. The monoisotopic (exact) mass is 509 g/mol. The highest BCUT2D eigenvalue weighted by molar-refractivity contribution is 7.92. The van der Waals surface area contributed by atoms with Gasteiger partial charge in [0.15, 0.2) is 9.84 Å². The number of hydrogen-bond acceptors (Lipinski definition) is 5. The van der Waals surface area contributed by atoms with E-state index >= 15 is 0 Å². The zero-order valence-electron chi connectivity index (χ0n) is 19.9. The van der Waals surface area contributed by atoms with Gasteiger partial charge in [-0.05, 0) is 69.2 Å². The van der Waals surface area contributed by atoms with E-state index in [1.807, 2.05) is 4.90 Å². The van der Waals surface area contributed by atoms with Gasteiger partial charge in [-0.2, -0.15) is 13.2 Å². The molecule has 35 heavy (non-hydrogen) atoms. The average Bonchev–Trinajstić information content (AvgIpc) is 3.37. The van der Waals surface area contributed by atoms with Crippen molar-refractivity contribution in [3.8, 4) is 0 Å². The van der Waals surface area contributed by atoms with E-state index in [4.69, 9.17) is 0 Å². The summed E-state index contributed by atoms with van der Waals surface area (Å²) in [4.78, 5) is 19.5. The van der Waals surface area contributed by atoms with E-state index in [2.05, 4.69) is 4.90 Å². The maximum atomic E-state index is 13.6. The first-order chi connectivity index (χ1) is 16.5. The van der Waals surface area contributed by atoms with Crippen LogP contribution in [0.25, 0.3) is 0 Å². The molecule has 0 saturated carbocycles. The highest BCUT2D eigenvalue weighted by Gasteiger charge is 2.31. The summed E-state index contributed by atoms with van der Waals surface area (Å²) in [6.07, 6.45) is -2.34. The van der Waals surface area contributed by atoms with Gasteiger partial charge in [-0.3, -0.25) is 4.79 Å². The Hall–Kier alpha value is -2.75. The lowest BCUT2D eigenvalue weighted by molar-refractivity contribution is -0.137. The molecule has 0 radical (unpaired) electrons. The number of anilines is 2. The Balaban J connectivity index is 1.54. The second-order valence-corrected chi connectivity index (χ2v) is 11.8. The molecule has 2 saturated heterocycles. The molecule has 0 atom stereocenters. The lowest BCUT2D eigenvalue weighted by Crippen LogP contribution is -2.49. The second-order valence-electron chi connectivity index (χ2n) is 9.29. The van der Waals surface area contributed by atoms with Crippen molar-refractivity contribution in [2.75, 3.05) is 49.1 Å². The fourth-order valence-corrected chi connectivity index (χ4v) is 5.65. The Kier molecular flexibility index (Phi) is 7.04. The van der Waals surface area contributed by atoms with Crippen LogP contribution in [0, 0.1) is 0 Å². The molecule has 0 aliphatic carbocycles. The molecule has 1 amide bonds. The van der Waals surface area contributed by atoms with E-state index in [0.717, 1.165) is 43.8 Å². The highest BCUT2D eigenvalue weighted by Crippen LogP contribution is 2.32. The van der Waals surface area contributed by atoms with Gasteiger partial charge >= 0.3 is 6.18 Å². The zero-order valence-corrected chi connectivity index (χ0v) is 20.7. The Morgan fingerprint density at radius 2 is 1.46 bits per heavy atom. The summed E-state index contributed by atoms with van der Waals surface area (Å²) < 4.78 is 64.1. The Labute approximate surface area is 204 Å². The molecule has 2 aromatic carbocycles. The quantitative estimate of drug-likeness (QED) is 0.596. The van der Waals surface area contributed by atoms with E-state index in [1.165, 1.54) is 18.2 Å². The number of carbonyl (C=O) groups is 1. The summed E-state index contributed by atoms with van der Waals surface area (Å²) in [7, 11) is -3.54. The van der Waals surface area contributed by atoms with E-state index in [0.29, 0.717) is 37.4 Å². The van der Waals surface area contributed by atoms with Crippen LogP contribution in [0.2, 0.25) is 0 Å². The SMILES string of the molecule is CC(C)S(=O)(=O)c1ccc(N2CCCC2)c(C(=O)N2CCN(c3ccc(C(F)(F)F)cc3)CC2)c1. The van der Waals surface area contributed by atoms with Crippen molar-refractivity contribution in [2.45, 2.75) is 43.0 Å². The van der Waals surface area contributed by atoms with Gasteiger partial charge in [0, 0.05) is 50.6 Å². The van der Waals surface area contributed by atoms with Crippen molar-refractivity contribution in [3.63, 3.8) is 0 Å². The van der Waals surface area contributed by atoms with Crippen LogP contribution in [0.15, 0.2) is 47.4 Å². The lowest BCUT2D eigenvalue weighted by atomic mass is 10.1. The van der Waals surface area contributed by atoms with Gasteiger partial charge in [0.25, 0.3) is 5.91 Å². The fraction of sp³-hybridized carbons (Fsp3) is 0.480. The maximum absolute atomic E-state index is 13.6. The van der Waals surface area contributed by atoms with Crippen molar-refractivity contribution in [1.82, 2.24) is 4.90 Å². The fourth-order valence-electron chi connectivity index (χ4n) is 4.57.